The smallest absolute Gasteiger partial charge is 0.349 e. The zero-order valence-corrected chi connectivity index (χ0v) is 14.9. The van der Waals surface area contributed by atoms with E-state index < -0.39 is 33.9 Å². The summed E-state index contributed by atoms with van der Waals surface area (Å²) in [5, 5.41) is 24.3. The summed E-state index contributed by atoms with van der Waals surface area (Å²) < 4.78 is 5.77. The maximum absolute atomic E-state index is 12.5. The SMILES string of the molecule is C[C@@H](Oc1c(C=Nn2c(=O)[nH]c3ccccc3c2=O)cccc1[N+](=O)[O-])C(=O)O. The Labute approximate surface area is 161 Å². The molecule has 1 heterocycles. The fourth-order valence-corrected chi connectivity index (χ4v) is 2.52. The summed E-state index contributed by atoms with van der Waals surface area (Å²) in [4.78, 5) is 48.8. The van der Waals surface area contributed by atoms with Gasteiger partial charge < -0.3 is 14.8 Å². The maximum Gasteiger partial charge on any atom is 0.349 e. The lowest BCUT2D eigenvalue weighted by molar-refractivity contribution is -0.386. The van der Waals surface area contributed by atoms with Crippen molar-refractivity contribution in [3.63, 3.8) is 0 Å². The van der Waals surface area contributed by atoms with E-state index in [1.807, 2.05) is 0 Å². The molecule has 0 spiro atoms. The number of nitro benzene ring substituents is 1. The first-order valence-electron chi connectivity index (χ1n) is 8.25. The fraction of sp³-hybridized carbons (Fsp3) is 0.111. The second-order valence-corrected chi connectivity index (χ2v) is 5.89. The average Bonchev–Trinajstić information content (AvgIpc) is 2.68. The number of carbonyl (C=O) groups is 1. The Morgan fingerprint density at radius 3 is 2.69 bits per heavy atom. The number of ether oxygens (including phenoxy) is 1. The van der Waals surface area contributed by atoms with Crippen molar-refractivity contribution in [2.75, 3.05) is 0 Å². The van der Waals surface area contributed by atoms with Gasteiger partial charge in [0.2, 0.25) is 5.75 Å². The van der Waals surface area contributed by atoms with Gasteiger partial charge in [-0.25, -0.2) is 9.59 Å². The third kappa shape index (κ3) is 3.88. The van der Waals surface area contributed by atoms with Crippen LogP contribution in [0.5, 0.6) is 5.75 Å². The number of hydrogen-bond acceptors (Lipinski definition) is 7. The molecule has 1 atom stereocenters. The number of nitro groups is 1. The molecule has 0 aliphatic heterocycles. The molecule has 0 bridgehead atoms. The van der Waals surface area contributed by atoms with Crippen molar-refractivity contribution in [3.05, 3.63) is 79.0 Å². The third-order valence-electron chi connectivity index (χ3n) is 3.96. The summed E-state index contributed by atoms with van der Waals surface area (Å²) in [6.07, 6.45) is -0.363. The zero-order chi connectivity index (χ0) is 21.1. The van der Waals surface area contributed by atoms with Gasteiger partial charge in [-0.1, -0.05) is 18.2 Å². The highest BCUT2D eigenvalue weighted by atomic mass is 16.6. The Kier molecular flexibility index (Phi) is 5.21. The summed E-state index contributed by atoms with van der Waals surface area (Å²) >= 11 is 0. The monoisotopic (exact) mass is 398 g/mol. The molecule has 2 N–H and O–H groups in total. The molecule has 3 aromatic rings. The van der Waals surface area contributed by atoms with Gasteiger partial charge in [0.1, 0.15) is 0 Å². The number of aliphatic carboxylic acids is 1. The van der Waals surface area contributed by atoms with Crippen LogP contribution in [-0.2, 0) is 4.79 Å². The highest BCUT2D eigenvalue weighted by Gasteiger charge is 2.23. The van der Waals surface area contributed by atoms with Crippen LogP contribution in [0.1, 0.15) is 12.5 Å². The molecule has 11 heteroatoms. The minimum atomic E-state index is -1.38. The van der Waals surface area contributed by atoms with Crippen molar-refractivity contribution >= 4 is 28.8 Å². The molecule has 2 aromatic carbocycles. The first-order valence-corrected chi connectivity index (χ1v) is 8.25. The van der Waals surface area contributed by atoms with Gasteiger partial charge in [-0.15, -0.1) is 4.68 Å². The van der Waals surface area contributed by atoms with Crippen LogP contribution >= 0.6 is 0 Å². The van der Waals surface area contributed by atoms with Crippen LogP contribution in [0.25, 0.3) is 10.9 Å². The number of carboxylic acid groups (broad SMARTS) is 1. The average molecular weight is 398 g/mol. The number of para-hydroxylation sites is 2. The molecular weight excluding hydrogens is 384 g/mol. The van der Waals surface area contributed by atoms with E-state index in [0.29, 0.717) is 10.2 Å². The van der Waals surface area contributed by atoms with Crippen molar-refractivity contribution in [2.24, 2.45) is 5.10 Å². The topological polar surface area (TPSA) is 157 Å². The molecule has 0 unspecified atom stereocenters. The highest BCUT2D eigenvalue weighted by Crippen LogP contribution is 2.31. The predicted octanol–water partition coefficient (Wildman–Crippen LogP) is 1.33. The van der Waals surface area contributed by atoms with Crippen LogP contribution in [-0.4, -0.2) is 38.0 Å². The Balaban J connectivity index is 2.12. The normalized spacial score (nSPS) is 12.2. The van der Waals surface area contributed by atoms with E-state index in [1.165, 1.54) is 25.1 Å². The number of benzene rings is 2. The second kappa shape index (κ2) is 7.76. The number of hydrogen-bond donors (Lipinski definition) is 2. The van der Waals surface area contributed by atoms with E-state index in [-0.39, 0.29) is 16.7 Å². The van der Waals surface area contributed by atoms with Crippen LogP contribution < -0.4 is 16.0 Å². The first-order chi connectivity index (χ1) is 13.8. The Bertz CT molecular complexity index is 1260. The molecule has 148 valence electrons. The summed E-state index contributed by atoms with van der Waals surface area (Å²) in [7, 11) is 0. The zero-order valence-electron chi connectivity index (χ0n) is 14.9. The molecule has 0 aliphatic rings. The van der Waals surface area contributed by atoms with Crippen molar-refractivity contribution in [1.82, 2.24) is 9.66 Å². The van der Waals surface area contributed by atoms with Gasteiger partial charge in [0.25, 0.3) is 5.56 Å². The lowest BCUT2D eigenvalue weighted by atomic mass is 10.2. The minimum absolute atomic E-state index is 0.0201. The molecule has 29 heavy (non-hydrogen) atoms. The lowest BCUT2D eigenvalue weighted by Gasteiger charge is -2.12. The third-order valence-corrected chi connectivity index (χ3v) is 3.96. The fourth-order valence-electron chi connectivity index (χ4n) is 2.52. The van der Waals surface area contributed by atoms with Gasteiger partial charge in [-0.3, -0.25) is 14.9 Å². The molecule has 0 aliphatic carbocycles. The number of aromatic nitrogens is 2. The van der Waals surface area contributed by atoms with E-state index in [9.17, 15) is 24.5 Å². The molecule has 0 amide bonds. The Morgan fingerprint density at radius 2 is 2.00 bits per heavy atom. The highest BCUT2D eigenvalue weighted by molar-refractivity contribution is 5.86. The van der Waals surface area contributed by atoms with Gasteiger partial charge in [0, 0.05) is 11.6 Å². The van der Waals surface area contributed by atoms with Crippen LogP contribution in [0.15, 0.2) is 57.2 Å². The van der Waals surface area contributed by atoms with Crippen LogP contribution in [0.3, 0.4) is 0 Å². The second-order valence-electron chi connectivity index (χ2n) is 5.89. The number of H-pyrrole nitrogens is 1. The summed E-state index contributed by atoms with van der Waals surface area (Å²) in [5.74, 6) is -1.67. The molecule has 3 rings (SSSR count). The van der Waals surface area contributed by atoms with E-state index >= 15 is 0 Å². The largest absolute Gasteiger partial charge is 0.479 e. The predicted molar refractivity (Wildman–Crippen MR) is 103 cm³/mol. The molecule has 0 saturated heterocycles. The van der Waals surface area contributed by atoms with Gasteiger partial charge in [-0.05, 0) is 25.1 Å². The van der Waals surface area contributed by atoms with Gasteiger partial charge in [0.05, 0.1) is 22.0 Å². The summed E-state index contributed by atoms with van der Waals surface area (Å²) in [6, 6.07) is 10.2. The number of rotatable bonds is 6. The summed E-state index contributed by atoms with van der Waals surface area (Å²) in [6.45, 7) is 1.21. The Morgan fingerprint density at radius 1 is 1.28 bits per heavy atom. The molecule has 11 nitrogen and oxygen atoms in total. The van der Waals surface area contributed by atoms with Crippen LogP contribution in [0, 0.1) is 10.1 Å². The van der Waals surface area contributed by atoms with Gasteiger partial charge >= 0.3 is 17.3 Å². The molecule has 0 saturated carbocycles. The number of nitrogens with one attached hydrogen (secondary N) is 1. The summed E-state index contributed by atoms with van der Waals surface area (Å²) in [5.41, 5.74) is -1.62. The number of carboxylic acids is 1. The van der Waals surface area contributed by atoms with Crippen LogP contribution in [0.4, 0.5) is 5.69 Å². The number of nitrogens with zero attached hydrogens (tertiary/aromatic N) is 3. The van der Waals surface area contributed by atoms with Crippen molar-refractivity contribution < 1.29 is 19.6 Å². The van der Waals surface area contributed by atoms with Gasteiger partial charge in [-0.2, -0.15) is 5.10 Å². The van der Waals surface area contributed by atoms with E-state index in [2.05, 4.69) is 10.1 Å². The lowest BCUT2D eigenvalue weighted by Crippen LogP contribution is -2.32. The molecule has 1 aromatic heterocycles. The maximum atomic E-state index is 12.5. The van der Waals surface area contributed by atoms with Crippen LogP contribution in [0.2, 0.25) is 0 Å². The van der Waals surface area contributed by atoms with E-state index in [0.717, 1.165) is 12.3 Å². The van der Waals surface area contributed by atoms with Gasteiger partial charge in [0.15, 0.2) is 6.10 Å². The van der Waals surface area contributed by atoms with Crippen molar-refractivity contribution in [2.45, 2.75) is 13.0 Å². The van der Waals surface area contributed by atoms with E-state index in [4.69, 9.17) is 9.84 Å². The number of aromatic amines is 1. The quantitative estimate of drug-likeness (QED) is 0.360. The molecule has 0 fully saturated rings. The number of fused-ring (bicyclic) bond motifs is 1. The Hall–Kier alpha value is -4.28. The first kappa shape index (κ1) is 19.5. The van der Waals surface area contributed by atoms with Crippen molar-refractivity contribution in [1.29, 1.82) is 0 Å². The standard InChI is InChI=1S/C18H14N4O7/c1-10(17(24)25)29-15-11(5-4-8-14(15)22(27)28)9-19-21-16(23)12-6-2-3-7-13(12)20-18(21)26/h2-10H,1H3,(H,20,26)(H,24,25)/t10-/m1/s1. The minimum Gasteiger partial charge on any atom is -0.479 e. The van der Waals surface area contributed by atoms with E-state index in [1.54, 1.807) is 18.2 Å². The molecular formula is C18H14N4O7. The molecule has 0 radical (unpaired) electrons. The van der Waals surface area contributed by atoms with Crippen molar-refractivity contribution in [3.8, 4) is 5.75 Å².